The van der Waals surface area contributed by atoms with Crippen LogP contribution in [0, 0.1) is 0 Å². The number of aliphatic carboxylic acids is 1. The lowest BCUT2D eigenvalue weighted by molar-refractivity contribution is -0.129. The summed E-state index contributed by atoms with van der Waals surface area (Å²) >= 11 is 12.9. The van der Waals surface area contributed by atoms with Gasteiger partial charge in [-0.15, -0.1) is 0 Å². The van der Waals surface area contributed by atoms with E-state index in [-0.39, 0.29) is 18.9 Å². The van der Waals surface area contributed by atoms with Crippen molar-refractivity contribution in [2.75, 3.05) is 6.61 Å². The fourth-order valence-electron chi connectivity index (χ4n) is 2.22. The number of benzene rings is 2. The number of carboxylic acid groups (broad SMARTS) is 1. The van der Waals surface area contributed by atoms with Gasteiger partial charge in [-0.05, 0) is 68.1 Å². The van der Waals surface area contributed by atoms with E-state index < -0.39 is 5.97 Å². The molecule has 0 aliphatic rings. The highest BCUT2D eigenvalue weighted by Crippen LogP contribution is 2.29. The molecule has 8 heteroatoms. The molecule has 0 heterocycles. The summed E-state index contributed by atoms with van der Waals surface area (Å²) < 4.78 is 6.59. The van der Waals surface area contributed by atoms with E-state index in [1.807, 2.05) is 12.1 Å². The number of ether oxygens (including phenoxy) is 1. The predicted octanol–water partition coefficient (Wildman–Crippen LogP) is 5.83. The Bertz CT molecular complexity index is 880. The van der Waals surface area contributed by atoms with Crippen LogP contribution >= 0.6 is 43.5 Å². The molecule has 0 fully saturated rings. The number of hydrogen-bond donors (Lipinski definition) is 1. The number of halogens is 3. The summed E-state index contributed by atoms with van der Waals surface area (Å²) in [6.45, 7) is 2.13. The van der Waals surface area contributed by atoms with Crippen LogP contribution in [0.3, 0.4) is 0 Å². The highest BCUT2D eigenvalue weighted by Gasteiger charge is 2.18. The molecule has 0 radical (unpaired) electrons. The summed E-state index contributed by atoms with van der Waals surface area (Å²) in [5, 5.41) is 13.6. The number of oxime groups is 1. The average molecular weight is 518 g/mol. The van der Waals surface area contributed by atoms with Gasteiger partial charge in [-0.3, -0.25) is 0 Å². The van der Waals surface area contributed by atoms with E-state index in [1.54, 1.807) is 43.3 Å². The molecular formula is C19H16Br2ClNO4. The van der Waals surface area contributed by atoms with Gasteiger partial charge in [0.2, 0.25) is 0 Å². The third-order valence-corrected chi connectivity index (χ3v) is 4.13. The molecule has 1 N–H and O–H groups in total. The van der Waals surface area contributed by atoms with Crippen LogP contribution in [0.1, 0.15) is 23.6 Å². The van der Waals surface area contributed by atoms with Crippen molar-refractivity contribution in [3.8, 4) is 5.75 Å². The number of carboxylic acids is 1. The van der Waals surface area contributed by atoms with Gasteiger partial charge >= 0.3 is 5.97 Å². The van der Waals surface area contributed by atoms with Gasteiger partial charge in [0.1, 0.15) is 19.0 Å². The van der Waals surface area contributed by atoms with Crippen LogP contribution in [0.25, 0.3) is 6.08 Å². The largest absolute Gasteiger partial charge is 0.487 e. The van der Waals surface area contributed by atoms with Crippen molar-refractivity contribution in [3.63, 3.8) is 0 Å². The van der Waals surface area contributed by atoms with E-state index in [0.717, 1.165) is 8.96 Å². The van der Waals surface area contributed by atoms with Crippen LogP contribution < -0.4 is 4.74 Å². The lowest BCUT2D eigenvalue weighted by atomic mass is 10.0. The topological polar surface area (TPSA) is 68.1 Å². The zero-order valence-electron chi connectivity index (χ0n) is 14.3. The molecule has 0 saturated carbocycles. The number of nitrogens with zero attached hydrogens (tertiary/aromatic N) is 1. The normalized spacial score (nSPS) is 11.0. The summed E-state index contributed by atoms with van der Waals surface area (Å²) in [6.07, 6.45) is 1.86. The van der Waals surface area contributed by atoms with Gasteiger partial charge in [-0.25, -0.2) is 4.79 Å². The Morgan fingerprint density at radius 1 is 1.26 bits per heavy atom. The van der Waals surface area contributed by atoms with Crippen molar-refractivity contribution >= 4 is 61.2 Å². The molecule has 2 rings (SSSR count). The Labute approximate surface area is 178 Å². The van der Waals surface area contributed by atoms with Gasteiger partial charge in [-0.1, -0.05) is 47.1 Å². The molecule has 2 aromatic rings. The highest BCUT2D eigenvalue weighted by molar-refractivity contribution is 9.28. The summed E-state index contributed by atoms with van der Waals surface area (Å²) in [6, 6.07) is 12.3. The second-order valence-electron chi connectivity index (χ2n) is 5.23. The molecule has 0 spiro atoms. The summed E-state index contributed by atoms with van der Waals surface area (Å²) in [4.78, 5) is 16.5. The fourth-order valence-corrected chi connectivity index (χ4v) is 2.99. The van der Waals surface area contributed by atoms with Crippen LogP contribution in [-0.4, -0.2) is 23.4 Å². The molecule has 5 nitrogen and oxygen atoms in total. The van der Waals surface area contributed by atoms with Crippen molar-refractivity contribution in [1.82, 2.24) is 0 Å². The monoisotopic (exact) mass is 515 g/mol. The average Bonchev–Trinajstić information content (AvgIpc) is 2.61. The summed E-state index contributed by atoms with van der Waals surface area (Å²) in [5.41, 5.74) is 1.80. The van der Waals surface area contributed by atoms with Gasteiger partial charge in [0.05, 0.1) is 8.41 Å². The van der Waals surface area contributed by atoms with E-state index in [0.29, 0.717) is 21.9 Å². The Morgan fingerprint density at radius 3 is 2.63 bits per heavy atom. The molecule has 142 valence electrons. The lowest BCUT2D eigenvalue weighted by Gasteiger charge is -2.12. The zero-order valence-corrected chi connectivity index (χ0v) is 18.2. The standard InChI is InChI=1S/C19H16Br2ClNO4/c1-2-27-23-18(19(24)25)14-6-4-3-5-13(14)11-26-16-8-7-12(9-15(16)22)10-17(20)21/h3-10H,2,11H2,1H3,(H,24,25). The van der Waals surface area contributed by atoms with Crippen LogP contribution in [0.2, 0.25) is 5.02 Å². The van der Waals surface area contributed by atoms with Crippen molar-refractivity contribution in [1.29, 1.82) is 0 Å². The molecule has 0 amide bonds. The highest BCUT2D eigenvalue weighted by atomic mass is 79.9. The number of hydrogen-bond acceptors (Lipinski definition) is 4. The molecule has 0 saturated heterocycles. The van der Waals surface area contributed by atoms with E-state index in [1.165, 1.54) is 0 Å². The Kier molecular flexibility index (Phi) is 8.34. The van der Waals surface area contributed by atoms with Gasteiger partial charge in [0.15, 0.2) is 5.71 Å². The van der Waals surface area contributed by atoms with Crippen molar-refractivity contribution < 1.29 is 19.5 Å². The van der Waals surface area contributed by atoms with Crippen LogP contribution in [0.15, 0.2) is 51.0 Å². The minimum Gasteiger partial charge on any atom is -0.487 e. The van der Waals surface area contributed by atoms with E-state index >= 15 is 0 Å². The zero-order chi connectivity index (χ0) is 19.8. The van der Waals surface area contributed by atoms with Crippen LogP contribution in [0.4, 0.5) is 0 Å². The molecule has 27 heavy (non-hydrogen) atoms. The van der Waals surface area contributed by atoms with E-state index in [4.69, 9.17) is 21.2 Å². The van der Waals surface area contributed by atoms with E-state index in [2.05, 4.69) is 37.0 Å². The van der Waals surface area contributed by atoms with Gasteiger partial charge < -0.3 is 14.7 Å². The summed E-state index contributed by atoms with van der Waals surface area (Å²) in [7, 11) is 0. The molecule has 2 aromatic carbocycles. The third-order valence-electron chi connectivity index (χ3n) is 3.37. The first kappa shape index (κ1) is 21.5. The SMILES string of the molecule is CCON=C(C(=O)O)c1ccccc1COc1ccc(C=C(Br)Br)cc1Cl. The Morgan fingerprint density at radius 2 is 2.00 bits per heavy atom. The second-order valence-corrected chi connectivity index (χ2v) is 8.41. The first-order chi connectivity index (χ1) is 12.9. The Hall–Kier alpha value is -1.83. The molecule has 0 bridgehead atoms. The molecule has 0 unspecified atom stereocenters. The maximum absolute atomic E-state index is 11.5. The van der Waals surface area contributed by atoms with E-state index in [9.17, 15) is 9.90 Å². The van der Waals surface area contributed by atoms with Crippen molar-refractivity contribution in [3.05, 3.63) is 67.6 Å². The minimum absolute atomic E-state index is 0.131. The van der Waals surface area contributed by atoms with Crippen LogP contribution in [-0.2, 0) is 16.2 Å². The first-order valence-corrected chi connectivity index (χ1v) is 9.85. The quantitative estimate of drug-likeness (QED) is 0.353. The fraction of sp³-hybridized carbons (Fsp3) is 0.158. The van der Waals surface area contributed by atoms with Gasteiger partial charge in [0, 0.05) is 5.56 Å². The van der Waals surface area contributed by atoms with Crippen LogP contribution in [0.5, 0.6) is 5.75 Å². The second kappa shape index (κ2) is 10.5. The van der Waals surface area contributed by atoms with Gasteiger partial charge in [-0.2, -0.15) is 0 Å². The molecule has 0 aliphatic carbocycles. The molecular weight excluding hydrogens is 501 g/mol. The predicted molar refractivity (Wildman–Crippen MR) is 114 cm³/mol. The first-order valence-electron chi connectivity index (χ1n) is 7.89. The Balaban J connectivity index is 2.24. The number of carbonyl (C=O) groups is 1. The third kappa shape index (κ3) is 6.37. The summed E-state index contributed by atoms with van der Waals surface area (Å²) in [5.74, 6) is -0.682. The smallest absolute Gasteiger partial charge is 0.358 e. The van der Waals surface area contributed by atoms with Crippen molar-refractivity contribution in [2.45, 2.75) is 13.5 Å². The lowest BCUT2D eigenvalue weighted by Crippen LogP contribution is -2.18. The van der Waals surface area contributed by atoms with Crippen molar-refractivity contribution in [2.24, 2.45) is 5.16 Å². The minimum atomic E-state index is -1.18. The maximum Gasteiger partial charge on any atom is 0.358 e. The molecule has 0 aliphatic heterocycles. The van der Waals surface area contributed by atoms with Gasteiger partial charge in [0.25, 0.3) is 0 Å². The molecule has 0 atom stereocenters. The maximum atomic E-state index is 11.5. The number of rotatable bonds is 8. The molecule has 0 aromatic heterocycles.